The molecule has 0 aromatic rings. The Morgan fingerprint density at radius 1 is 1.22 bits per heavy atom. The lowest BCUT2D eigenvalue weighted by Crippen LogP contribution is -2.06. The van der Waals surface area contributed by atoms with Gasteiger partial charge in [0.15, 0.2) is 0 Å². The molecule has 1 saturated heterocycles. The summed E-state index contributed by atoms with van der Waals surface area (Å²) in [6.45, 7) is 6.78. The molecule has 1 aliphatic rings. The van der Waals surface area contributed by atoms with Gasteiger partial charge in [0, 0.05) is 22.0 Å². The first-order chi connectivity index (χ1) is 8.65. The molecule has 6 heteroatoms. The van der Waals surface area contributed by atoms with Crippen molar-refractivity contribution in [3.05, 3.63) is 25.5 Å². The van der Waals surface area contributed by atoms with E-state index in [0.717, 1.165) is 30.6 Å². The SMILES string of the molecule is C=COC(=O)SCC1CCC(CSC(=O)C=C)S1. The smallest absolute Gasteiger partial charge is 0.372 e. The molecule has 1 aliphatic heterocycles. The third kappa shape index (κ3) is 6.02. The van der Waals surface area contributed by atoms with Gasteiger partial charge in [-0.1, -0.05) is 24.9 Å². The van der Waals surface area contributed by atoms with Gasteiger partial charge >= 0.3 is 5.30 Å². The maximum absolute atomic E-state index is 11.1. The zero-order chi connectivity index (χ0) is 13.4. The van der Waals surface area contributed by atoms with Crippen molar-refractivity contribution in [2.45, 2.75) is 23.3 Å². The van der Waals surface area contributed by atoms with Crippen LogP contribution >= 0.6 is 35.3 Å². The van der Waals surface area contributed by atoms with Gasteiger partial charge in [0.2, 0.25) is 5.12 Å². The van der Waals surface area contributed by atoms with Crippen LogP contribution in [-0.2, 0) is 9.53 Å². The Hall–Kier alpha value is -0.330. The fourth-order valence-corrected chi connectivity index (χ4v) is 4.91. The Kier molecular flexibility index (Phi) is 7.62. The molecule has 1 fully saturated rings. The van der Waals surface area contributed by atoms with E-state index in [9.17, 15) is 9.59 Å². The maximum Gasteiger partial charge on any atom is 0.372 e. The van der Waals surface area contributed by atoms with Crippen LogP contribution < -0.4 is 0 Å². The van der Waals surface area contributed by atoms with E-state index in [-0.39, 0.29) is 10.4 Å². The molecule has 0 aromatic carbocycles. The van der Waals surface area contributed by atoms with Crippen molar-refractivity contribution in [3.8, 4) is 0 Å². The zero-order valence-electron chi connectivity index (χ0n) is 10.0. The second-order valence-corrected chi connectivity index (χ2v) is 7.22. The summed E-state index contributed by atoms with van der Waals surface area (Å²) < 4.78 is 4.64. The Balaban J connectivity index is 2.16. The van der Waals surface area contributed by atoms with Gasteiger partial charge in [0.05, 0.1) is 6.26 Å². The third-order valence-electron chi connectivity index (χ3n) is 2.34. The molecule has 0 spiro atoms. The lowest BCUT2D eigenvalue weighted by molar-refractivity contribution is -0.107. The minimum Gasteiger partial charge on any atom is -0.427 e. The molecule has 100 valence electrons. The number of ether oxygens (including phenoxy) is 1. The number of carbonyl (C=O) groups is 2. The van der Waals surface area contributed by atoms with Crippen LogP contribution in [0.1, 0.15) is 12.8 Å². The van der Waals surface area contributed by atoms with E-state index in [1.54, 1.807) is 0 Å². The molecule has 0 saturated carbocycles. The fourth-order valence-electron chi connectivity index (χ4n) is 1.52. The summed E-state index contributed by atoms with van der Waals surface area (Å²) in [5, 5.41) is 0.699. The van der Waals surface area contributed by atoms with Crippen LogP contribution in [0.3, 0.4) is 0 Å². The highest BCUT2D eigenvalue weighted by molar-refractivity contribution is 8.15. The molecule has 1 heterocycles. The minimum absolute atomic E-state index is 0.0305. The Morgan fingerprint density at radius 3 is 2.39 bits per heavy atom. The second kappa shape index (κ2) is 8.72. The molecule has 0 bridgehead atoms. The molecule has 0 aliphatic carbocycles. The first kappa shape index (κ1) is 15.7. The highest BCUT2D eigenvalue weighted by Gasteiger charge is 2.26. The van der Waals surface area contributed by atoms with Crippen molar-refractivity contribution >= 4 is 45.7 Å². The summed E-state index contributed by atoms with van der Waals surface area (Å²) in [5.41, 5.74) is 0. The summed E-state index contributed by atoms with van der Waals surface area (Å²) in [7, 11) is 0. The van der Waals surface area contributed by atoms with Gasteiger partial charge in [-0.25, -0.2) is 4.79 Å². The molecule has 1 rings (SSSR count). The standard InChI is InChI=1S/C12H16O3S3/c1-3-11(13)16-7-9-5-6-10(18-9)8-17-12(14)15-4-2/h3-4,9-10H,1-2,5-8H2. The Morgan fingerprint density at radius 2 is 1.83 bits per heavy atom. The lowest BCUT2D eigenvalue weighted by atomic mass is 10.2. The summed E-state index contributed by atoms with van der Waals surface area (Å²) in [6.07, 6.45) is 4.69. The van der Waals surface area contributed by atoms with E-state index in [0.29, 0.717) is 10.5 Å². The van der Waals surface area contributed by atoms with Gasteiger partial charge in [-0.15, -0.1) is 0 Å². The molecule has 0 N–H and O–H groups in total. The first-order valence-corrected chi connectivity index (χ1v) is 8.46. The molecule has 18 heavy (non-hydrogen) atoms. The van der Waals surface area contributed by atoms with Crippen molar-refractivity contribution in [1.82, 2.24) is 0 Å². The average Bonchev–Trinajstić information content (AvgIpc) is 2.82. The van der Waals surface area contributed by atoms with E-state index in [2.05, 4.69) is 17.9 Å². The maximum atomic E-state index is 11.1. The van der Waals surface area contributed by atoms with Gasteiger partial charge in [-0.2, -0.15) is 11.8 Å². The van der Waals surface area contributed by atoms with Gasteiger partial charge < -0.3 is 4.74 Å². The summed E-state index contributed by atoms with van der Waals surface area (Å²) >= 11 is 4.37. The topological polar surface area (TPSA) is 43.4 Å². The van der Waals surface area contributed by atoms with Crippen LogP contribution in [0.15, 0.2) is 25.5 Å². The molecule has 3 nitrogen and oxygen atoms in total. The van der Waals surface area contributed by atoms with Crippen molar-refractivity contribution in [2.24, 2.45) is 0 Å². The molecular formula is C12H16O3S3. The number of rotatable bonds is 6. The Bertz CT molecular complexity index is 331. The van der Waals surface area contributed by atoms with Crippen molar-refractivity contribution < 1.29 is 14.3 Å². The number of hydrogen-bond donors (Lipinski definition) is 0. The van der Waals surface area contributed by atoms with Crippen LogP contribution in [-0.4, -0.2) is 32.4 Å². The quantitative estimate of drug-likeness (QED) is 0.423. The van der Waals surface area contributed by atoms with Crippen LogP contribution in [0, 0.1) is 0 Å². The van der Waals surface area contributed by atoms with Crippen molar-refractivity contribution in [3.63, 3.8) is 0 Å². The molecule has 2 atom stereocenters. The normalized spacial score (nSPS) is 22.4. The molecule has 2 unspecified atom stereocenters. The highest BCUT2D eigenvalue weighted by Crippen LogP contribution is 2.37. The fraction of sp³-hybridized carbons (Fsp3) is 0.500. The van der Waals surface area contributed by atoms with Gasteiger partial charge in [0.25, 0.3) is 0 Å². The molecule has 0 radical (unpaired) electrons. The lowest BCUT2D eigenvalue weighted by Gasteiger charge is -2.09. The Labute approximate surface area is 120 Å². The van der Waals surface area contributed by atoms with Crippen LogP contribution in [0.5, 0.6) is 0 Å². The molecular weight excluding hydrogens is 288 g/mol. The minimum atomic E-state index is -0.301. The molecule has 0 amide bonds. The predicted octanol–water partition coefficient (Wildman–Crippen LogP) is 3.71. The summed E-state index contributed by atoms with van der Waals surface area (Å²) in [6, 6.07) is 0. The predicted molar refractivity (Wildman–Crippen MR) is 81.2 cm³/mol. The van der Waals surface area contributed by atoms with E-state index in [4.69, 9.17) is 0 Å². The van der Waals surface area contributed by atoms with E-state index < -0.39 is 0 Å². The number of thioether (sulfide) groups is 3. The van der Waals surface area contributed by atoms with Crippen LogP contribution in [0.4, 0.5) is 4.79 Å². The van der Waals surface area contributed by atoms with Crippen molar-refractivity contribution in [2.75, 3.05) is 11.5 Å². The zero-order valence-corrected chi connectivity index (χ0v) is 12.5. The number of carbonyl (C=O) groups excluding carboxylic acids is 2. The van der Waals surface area contributed by atoms with Crippen LogP contribution in [0.2, 0.25) is 0 Å². The average molecular weight is 304 g/mol. The summed E-state index contributed by atoms with van der Waals surface area (Å²) in [4.78, 5) is 22.2. The monoisotopic (exact) mass is 304 g/mol. The second-order valence-electron chi connectivity index (χ2n) is 3.64. The van der Waals surface area contributed by atoms with E-state index in [1.165, 1.54) is 29.6 Å². The number of hydrogen-bond acceptors (Lipinski definition) is 6. The largest absolute Gasteiger partial charge is 0.427 e. The first-order valence-electron chi connectivity index (χ1n) is 5.54. The van der Waals surface area contributed by atoms with Gasteiger partial charge in [-0.05, 0) is 30.7 Å². The summed E-state index contributed by atoms with van der Waals surface area (Å²) in [5.74, 6) is 1.59. The van der Waals surface area contributed by atoms with Gasteiger partial charge in [0.1, 0.15) is 0 Å². The highest BCUT2D eigenvalue weighted by atomic mass is 32.2. The third-order valence-corrected chi connectivity index (χ3v) is 6.26. The van der Waals surface area contributed by atoms with Crippen molar-refractivity contribution in [1.29, 1.82) is 0 Å². The van der Waals surface area contributed by atoms with E-state index >= 15 is 0 Å². The molecule has 0 aromatic heterocycles. The van der Waals surface area contributed by atoms with Crippen LogP contribution in [0.25, 0.3) is 0 Å². The van der Waals surface area contributed by atoms with Gasteiger partial charge in [-0.3, -0.25) is 4.79 Å². The van der Waals surface area contributed by atoms with E-state index in [1.807, 2.05) is 11.8 Å².